The fourth-order valence-corrected chi connectivity index (χ4v) is 1.79. The summed E-state index contributed by atoms with van der Waals surface area (Å²) in [6, 6.07) is -0.379. The summed E-state index contributed by atoms with van der Waals surface area (Å²) in [4.78, 5) is 17.0. The summed E-state index contributed by atoms with van der Waals surface area (Å²) >= 11 is 0. The van der Waals surface area contributed by atoms with Gasteiger partial charge in [0.15, 0.2) is 0 Å². The molecule has 4 atom stereocenters. The van der Waals surface area contributed by atoms with Gasteiger partial charge < -0.3 is 14.5 Å². The molecular formula is C7H14BO5P. The second-order valence-corrected chi connectivity index (χ2v) is 4.88. The van der Waals surface area contributed by atoms with Crippen LogP contribution in [0.3, 0.4) is 0 Å². The van der Waals surface area contributed by atoms with Crippen LogP contribution in [0.15, 0.2) is 0 Å². The first-order chi connectivity index (χ1) is 6.31. The van der Waals surface area contributed by atoms with Crippen LogP contribution in [0.1, 0.15) is 13.8 Å². The third kappa shape index (κ3) is 3.07. The van der Waals surface area contributed by atoms with Gasteiger partial charge in [-0.3, -0.25) is 4.52 Å². The zero-order valence-corrected chi connectivity index (χ0v) is 9.05. The topological polar surface area (TPSA) is 76.0 Å². The average molecular weight is 220 g/mol. The Morgan fingerprint density at radius 1 is 1.43 bits per heavy atom. The maximum atomic E-state index is 10.4. The first-order valence-corrected chi connectivity index (χ1v) is 5.95. The predicted molar refractivity (Wildman–Crippen MR) is 50.7 cm³/mol. The van der Waals surface area contributed by atoms with Crippen molar-refractivity contribution in [1.82, 2.24) is 0 Å². The Morgan fingerprint density at radius 2 is 2.00 bits per heavy atom. The molecule has 2 radical (unpaired) electrons. The highest BCUT2D eigenvalue weighted by molar-refractivity contribution is 7.46. The van der Waals surface area contributed by atoms with Crippen molar-refractivity contribution in [2.24, 2.45) is 11.8 Å². The predicted octanol–water partition coefficient (Wildman–Crippen LogP) is 0.261. The SMILES string of the molecule is [B]C1OC(COP(=O)(O)O)C(C)C1C. The lowest BCUT2D eigenvalue weighted by atomic mass is 9.82. The van der Waals surface area contributed by atoms with Crippen molar-refractivity contribution in [2.45, 2.75) is 26.0 Å². The molecule has 0 aromatic heterocycles. The van der Waals surface area contributed by atoms with Crippen molar-refractivity contribution in [3.05, 3.63) is 0 Å². The Bertz CT molecular complexity index is 242. The van der Waals surface area contributed by atoms with Gasteiger partial charge in [-0.15, -0.1) is 0 Å². The van der Waals surface area contributed by atoms with Crippen molar-refractivity contribution in [3.63, 3.8) is 0 Å². The van der Waals surface area contributed by atoms with Gasteiger partial charge in [0.1, 0.15) is 7.85 Å². The molecule has 1 fully saturated rings. The lowest BCUT2D eigenvalue weighted by molar-refractivity contribution is 0.0267. The van der Waals surface area contributed by atoms with Gasteiger partial charge in [0.05, 0.1) is 12.7 Å². The van der Waals surface area contributed by atoms with Crippen LogP contribution < -0.4 is 0 Å². The fraction of sp³-hybridized carbons (Fsp3) is 1.00. The smallest absolute Gasteiger partial charge is 0.382 e. The monoisotopic (exact) mass is 220 g/mol. The summed E-state index contributed by atoms with van der Waals surface area (Å²) in [5.41, 5.74) is 0. The Morgan fingerprint density at radius 3 is 2.36 bits per heavy atom. The zero-order valence-electron chi connectivity index (χ0n) is 8.16. The minimum Gasteiger partial charge on any atom is -0.382 e. The van der Waals surface area contributed by atoms with Crippen molar-refractivity contribution < 1.29 is 23.6 Å². The Balaban J connectivity index is 2.44. The van der Waals surface area contributed by atoms with Gasteiger partial charge in [0, 0.05) is 6.00 Å². The second-order valence-electron chi connectivity index (χ2n) is 3.64. The van der Waals surface area contributed by atoms with E-state index >= 15 is 0 Å². The summed E-state index contributed by atoms with van der Waals surface area (Å²) in [5.74, 6) is 0.303. The summed E-state index contributed by atoms with van der Waals surface area (Å²) in [5, 5.41) is 0. The number of ether oxygens (including phenoxy) is 1. The molecule has 0 saturated carbocycles. The largest absolute Gasteiger partial charge is 0.469 e. The average Bonchev–Trinajstić information content (AvgIpc) is 2.28. The minimum atomic E-state index is -4.40. The maximum absolute atomic E-state index is 10.4. The van der Waals surface area contributed by atoms with E-state index in [9.17, 15) is 4.57 Å². The molecule has 0 spiro atoms. The van der Waals surface area contributed by atoms with E-state index in [1.165, 1.54) is 0 Å². The standard InChI is InChI=1S/C7H14BO5P/c1-4-5(2)7(8)13-6(4)3-12-14(9,10)11/h4-7H,3H2,1-2H3,(H2,9,10,11). The summed E-state index contributed by atoms with van der Waals surface area (Å²) in [6.07, 6.45) is -0.340. The molecule has 2 N–H and O–H groups in total. The van der Waals surface area contributed by atoms with Gasteiger partial charge >= 0.3 is 7.82 Å². The van der Waals surface area contributed by atoms with Crippen LogP contribution in [-0.4, -0.2) is 36.3 Å². The number of hydrogen-bond donors (Lipinski definition) is 2. The molecule has 1 aliphatic rings. The van der Waals surface area contributed by atoms with Crippen LogP contribution in [0, 0.1) is 11.8 Å². The van der Waals surface area contributed by atoms with Crippen LogP contribution in [0.4, 0.5) is 0 Å². The zero-order chi connectivity index (χ0) is 10.9. The molecule has 0 aromatic carbocycles. The van der Waals surface area contributed by atoms with E-state index in [1.807, 2.05) is 13.8 Å². The third-order valence-corrected chi connectivity index (χ3v) is 3.16. The lowest BCUT2D eigenvalue weighted by Gasteiger charge is -2.16. The van der Waals surface area contributed by atoms with E-state index in [-0.39, 0.29) is 30.5 Å². The van der Waals surface area contributed by atoms with Crippen molar-refractivity contribution in [3.8, 4) is 0 Å². The summed E-state index contributed by atoms with van der Waals surface area (Å²) in [6.45, 7) is 3.74. The minimum absolute atomic E-state index is 0.122. The maximum Gasteiger partial charge on any atom is 0.469 e. The lowest BCUT2D eigenvalue weighted by Crippen LogP contribution is -2.21. The quantitative estimate of drug-likeness (QED) is 0.527. The molecule has 80 valence electrons. The molecule has 1 heterocycles. The molecule has 0 aliphatic carbocycles. The van der Waals surface area contributed by atoms with Crippen LogP contribution in [0.5, 0.6) is 0 Å². The number of hydrogen-bond acceptors (Lipinski definition) is 3. The normalized spacial score (nSPS) is 38.9. The van der Waals surface area contributed by atoms with Gasteiger partial charge in [-0.25, -0.2) is 4.57 Å². The van der Waals surface area contributed by atoms with E-state index in [0.29, 0.717) is 0 Å². The summed E-state index contributed by atoms with van der Waals surface area (Å²) < 4.78 is 20.1. The molecule has 1 aliphatic heterocycles. The van der Waals surface area contributed by atoms with E-state index < -0.39 is 7.82 Å². The highest BCUT2D eigenvalue weighted by Crippen LogP contribution is 2.38. The third-order valence-electron chi connectivity index (χ3n) is 2.67. The Kier molecular flexibility index (Phi) is 3.78. The number of phosphoric acid groups is 1. The van der Waals surface area contributed by atoms with E-state index in [2.05, 4.69) is 4.52 Å². The fourth-order valence-electron chi connectivity index (χ4n) is 1.45. The van der Waals surface area contributed by atoms with E-state index in [0.717, 1.165) is 0 Å². The molecule has 7 heteroatoms. The molecule has 0 aromatic rings. The van der Waals surface area contributed by atoms with Crippen LogP contribution in [0.2, 0.25) is 0 Å². The molecule has 1 rings (SSSR count). The van der Waals surface area contributed by atoms with Gasteiger partial charge in [-0.2, -0.15) is 0 Å². The van der Waals surface area contributed by atoms with Crippen LogP contribution in [0.25, 0.3) is 0 Å². The van der Waals surface area contributed by atoms with E-state index in [1.54, 1.807) is 0 Å². The molecule has 0 bridgehead atoms. The number of phosphoric ester groups is 1. The van der Waals surface area contributed by atoms with Crippen molar-refractivity contribution in [1.29, 1.82) is 0 Å². The van der Waals surface area contributed by atoms with Crippen molar-refractivity contribution in [2.75, 3.05) is 6.61 Å². The van der Waals surface area contributed by atoms with Gasteiger partial charge in [0.2, 0.25) is 0 Å². The molecule has 5 nitrogen and oxygen atoms in total. The molecule has 0 amide bonds. The molecule has 14 heavy (non-hydrogen) atoms. The van der Waals surface area contributed by atoms with Crippen molar-refractivity contribution >= 4 is 15.7 Å². The van der Waals surface area contributed by atoms with Gasteiger partial charge in [-0.1, -0.05) is 13.8 Å². The second kappa shape index (κ2) is 4.33. The van der Waals surface area contributed by atoms with Crippen LogP contribution >= 0.6 is 7.82 Å². The van der Waals surface area contributed by atoms with Crippen LogP contribution in [-0.2, 0) is 13.8 Å². The highest BCUT2D eigenvalue weighted by Gasteiger charge is 2.37. The van der Waals surface area contributed by atoms with Gasteiger partial charge in [-0.05, 0) is 11.8 Å². The highest BCUT2D eigenvalue weighted by atomic mass is 31.2. The molecular weight excluding hydrogens is 206 g/mol. The van der Waals surface area contributed by atoms with Gasteiger partial charge in [0.25, 0.3) is 0 Å². The van der Waals surface area contributed by atoms with E-state index in [4.69, 9.17) is 22.4 Å². The Labute approximate surface area is 84.4 Å². The summed E-state index contributed by atoms with van der Waals surface area (Å²) in [7, 11) is 1.22. The first kappa shape index (κ1) is 12.2. The molecule has 1 saturated heterocycles. The first-order valence-electron chi connectivity index (χ1n) is 4.42. The Hall–Kier alpha value is 0.135. The molecule has 4 unspecified atom stereocenters. The number of rotatable bonds is 3.